The second-order valence-corrected chi connectivity index (χ2v) is 9.77. The lowest BCUT2D eigenvalue weighted by molar-refractivity contribution is -0.141. The number of carbonyl (C=O) groups is 2. The summed E-state index contributed by atoms with van der Waals surface area (Å²) in [7, 11) is 0. The number of rotatable bonds is 12. The number of aryl methyl sites for hydroxylation is 2. The quantitative estimate of drug-likeness (QED) is 0.288. The van der Waals surface area contributed by atoms with Crippen LogP contribution in [0, 0.1) is 0 Å². The van der Waals surface area contributed by atoms with Crippen molar-refractivity contribution >= 4 is 35.0 Å². The maximum atomic E-state index is 13.7. The van der Waals surface area contributed by atoms with Crippen LogP contribution in [0.15, 0.2) is 72.8 Å². The smallest absolute Gasteiger partial charge is 0.243 e. The van der Waals surface area contributed by atoms with E-state index in [1.165, 1.54) is 5.56 Å². The van der Waals surface area contributed by atoms with Crippen molar-refractivity contribution < 1.29 is 9.59 Å². The molecule has 1 atom stereocenters. The molecule has 1 N–H and O–H groups in total. The van der Waals surface area contributed by atoms with E-state index in [9.17, 15) is 9.59 Å². The van der Waals surface area contributed by atoms with Gasteiger partial charge in [-0.05, 0) is 53.6 Å². The average Bonchev–Trinajstić information content (AvgIpc) is 2.89. The van der Waals surface area contributed by atoms with Crippen molar-refractivity contribution in [1.29, 1.82) is 0 Å². The van der Waals surface area contributed by atoms with Crippen LogP contribution in [0.3, 0.4) is 0 Å². The molecule has 0 aromatic heterocycles. The fraction of sp³-hybridized carbons (Fsp3) is 0.333. The van der Waals surface area contributed by atoms with Crippen LogP contribution >= 0.6 is 23.2 Å². The van der Waals surface area contributed by atoms with Gasteiger partial charge in [0.1, 0.15) is 6.04 Å². The summed E-state index contributed by atoms with van der Waals surface area (Å²) < 4.78 is 0. The van der Waals surface area contributed by atoms with Gasteiger partial charge in [0, 0.05) is 36.0 Å². The Morgan fingerprint density at radius 2 is 1.58 bits per heavy atom. The van der Waals surface area contributed by atoms with Crippen LogP contribution in [0.4, 0.5) is 0 Å². The van der Waals surface area contributed by atoms with Crippen LogP contribution in [0.2, 0.25) is 10.0 Å². The van der Waals surface area contributed by atoms with Gasteiger partial charge in [-0.2, -0.15) is 0 Å². The largest absolute Gasteiger partial charge is 0.354 e. The topological polar surface area (TPSA) is 49.4 Å². The molecule has 0 fully saturated rings. The molecular weight excluding hydrogens is 491 g/mol. The van der Waals surface area contributed by atoms with Crippen molar-refractivity contribution in [2.24, 2.45) is 0 Å². The molecule has 0 unspecified atom stereocenters. The van der Waals surface area contributed by atoms with Gasteiger partial charge in [0.25, 0.3) is 0 Å². The molecule has 0 spiro atoms. The number of halogens is 2. The Morgan fingerprint density at radius 1 is 0.889 bits per heavy atom. The minimum absolute atomic E-state index is 0.0897. The summed E-state index contributed by atoms with van der Waals surface area (Å²) in [4.78, 5) is 28.8. The molecule has 3 aromatic rings. The predicted octanol–water partition coefficient (Wildman–Crippen LogP) is 6.65. The maximum Gasteiger partial charge on any atom is 0.243 e. The molecule has 0 heterocycles. The first kappa shape index (κ1) is 27.8. The zero-order valence-electron chi connectivity index (χ0n) is 21.0. The van der Waals surface area contributed by atoms with Crippen molar-refractivity contribution in [2.75, 3.05) is 6.54 Å². The summed E-state index contributed by atoms with van der Waals surface area (Å²) in [6, 6.07) is 22.7. The fourth-order valence-electron chi connectivity index (χ4n) is 4.09. The average molecular weight is 526 g/mol. The highest BCUT2D eigenvalue weighted by Gasteiger charge is 2.30. The number of benzene rings is 3. The van der Waals surface area contributed by atoms with E-state index in [1.807, 2.05) is 43.3 Å². The SMILES string of the molecule is CCCNC(=O)[C@@H](Cc1ccccc1)N(Cc1ccc(Cl)cc1Cl)C(=O)CCc1ccc(CC)cc1. The van der Waals surface area contributed by atoms with E-state index >= 15 is 0 Å². The molecular formula is C30H34Cl2N2O2. The Kier molecular flexibility index (Phi) is 10.8. The number of amides is 2. The number of carbonyl (C=O) groups excluding carboxylic acids is 2. The van der Waals surface area contributed by atoms with E-state index in [1.54, 1.807) is 17.0 Å². The predicted molar refractivity (Wildman–Crippen MR) is 148 cm³/mol. The number of nitrogens with zero attached hydrogens (tertiary/aromatic N) is 1. The lowest BCUT2D eigenvalue weighted by Crippen LogP contribution is -2.50. The first-order valence-electron chi connectivity index (χ1n) is 12.5. The lowest BCUT2D eigenvalue weighted by Gasteiger charge is -2.32. The third kappa shape index (κ3) is 8.11. The second-order valence-electron chi connectivity index (χ2n) is 8.92. The summed E-state index contributed by atoms with van der Waals surface area (Å²) in [5, 5.41) is 4.00. The Labute approximate surface area is 224 Å². The number of hydrogen-bond acceptors (Lipinski definition) is 2. The van der Waals surface area contributed by atoms with Gasteiger partial charge in [0.15, 0.2) is 0 Å². The normalized spacial score (nSPS) is 11.7. The van der Waals surface area contributed by atoms with Crippen molar-refractivity contribution in [3.63, 3.8) is 0 Å². The molecule has 6 heteroatoms. The van der Waals surface area contributed by atoms with E-state index in [0.29, 0.717) is 35.9 Å². The molecule has 4 nitrogen and oxygen atoms in total. The molecule has 0 bridgehead atoms. The zero-order chi connectivity index (χ0) is 25.9. The van der Waals surface area contributed by atoms with Gasteiger partial charge >= 0.3 is 0 Å². The summed E-state index contributed by atoms with van der Waals surface area (Å²) >= 11 is 12.6. The molecule has 2 amide bonds. The van der Waals surface area contributed by atoms with Crippen LogP contribution in [0.1, 0.15) is 48.9 Å². The Balaban J connectivity index is 1.90. The Hall–Kier alpha value is -2.82. The molecule has 0 saturated heterocycles. The molecule has 0 aliphatic carbocycles. The van der Waals surface area contributed by atoms with Crippen molar-refractivity contribution in [2.45, 2.75) is 58.5 Å². The van der Waals surface area contributed by atoms with Crippen LogP contribution < -0.4 is 5.32 Å². The van der Waals surface area contributed by atoms with E-state index in [2.05, 4.69) is 36.5 Å². The molecule has 190 valence electrons. The van der Waals surface area contributed by atoms with Crippen molar-refractivity contribution in [1.82, 2.24) is 10.2 Å². The molecule has 3 aromatic carbocycles. The second kappa shape index (κ2) is 14.1. The summed E-state index contributed by atoms with van der Waals surface area (Å²) in [5.41, 5.74) is 4.10. The van der Waals surface area contributed by atoms with Crippen molar-refractivity contribution in [3.8, 4) is 0 Å². The standard InChI is InChI=1S/C30H34Cl2N2O2/c1-3-18-33-30(36)28(19-24-8-6-5-7-9-24)34(21-25-15-16-26(31)20-27(25)32)29(35)17-14-23-12-10-22(4-2)11-13-23/h5-13,15-16,20,28H,3-4,14,17-19,21H2,1-2H3,(H,33,36)/t28-/m1/s1. The lowest BCUT2D eigenvalue weighted by atomic mass is 10.0. The number of hydrogen-bond donors (Lipinski definition) is 1. The minimum atomic E-state index is -0.666. The van der Waals surface area contributed by atoms with Gasteiger partial charge in [-0.15, -0.1) is 0 Å². The van der Waals surface area contributed by atoms with Crippen LogP contribution in [-0.4, -0.2) is 29.3 Å². The maximum absolute atomic E-state index is 13.7. The van der Waals surface area contributed by atoms with Gasteiger partial charge in [0.2, 0.25) is 11.8 Å². The summed E-state index contributed by atoms with van der Waals surface area (Å²) in [6.45, 7) is 4.90. The van der Waals surface area contributed by atoms with Gasteiger partial charge in [0.05, 0.1) is 0 Å². The molecule has 0 saturated carbocycles. The summed E-state index contributed by atoms with van der Waals surface area (Å²) in [6.07, 6.45) is 3.10. The number of nitrogens with one attached hydrogen (secondary N) is 1. The van der Waals surface area contributed by atoms with Gasteiger partial charge in [-0.1, -0.05) is 97.7 Å². The van der Waals surface area contributed by atoms with Gasteiger partial charge < -0.3 is 10.2 Å². The zero-order valence-corrected chi connectivity index (χ0v) is 22.5. The molecule has 0 aliphatic heterocycles. The first-order chi connectivity index (χ1) is 17.4. The highest BCUT2D eigenvalue weighted by Crippen LogP contribution is 2.24. The van der Waals surface area contributed by atoms with E-state index in [-0.39, 0.29) is 18.4 Å². The Morgan fingerprint density at radius 3 is 2.22 bits per heavy atom. The van der Waals surface area contributed by atoms with Crippen LogP contribution in [-0.2, 0) is 35.4 Å². The fourth-order valence-corrected chi connectivity index (χ4v) is 4.56. The molecule has 0 aliphatic rings. The van der Waals surface area contributed by atoms with Crippen LogP contribution in [0.25, 0.3) is 0 Å². The first-order valence-corrected chi connectivity index (χ1v) is 13.3. The van der Waals surface area contributed by atoms with E-state index in [0.717, 1.165) is 29.5 Å². The third-order valence-electron chi connectivity index (χ3n) is 6.23. The van der Waals surface area contributed by atoms with Crippen LogP contribution in [0.5, 0.6) is 0 Å². The minimum Gasteiger partial charge on any atom is -0.354 e. The van der Waals surface area contributed by atoms with E-state index in [4.69, 9.17) is 23.2 Å². The van der Waals surface area contributed by atoms with Gasteiger partial charge in [-0.3, -0.25) is 9.59 Å². The third-order valence-corrected chi connectivity index (χ3v) is 6.82. The van der Waals surface area contributed by atoms with Gasteiger partial charge in [-0.25, -0.2) is 0 Å². The van der Waals surface area contributed by atoms with E-state index < -0.39 is 6.04 Å². The van der Waals surface area contributed by atoms with Crippen molar-refractivity contribution in [3.05, 3.63) is 105 Å². The molecule has 0 radical (unpaired) electrons. The monoisotopic (exact) mass is 524 g/mol. The molecule has 36 heavy (non-hydrogen) atoms. The Bertz CT molecular complexity index is 1130. The summed E-state index contributed by atoms with van der Waals surface area (Å²) in [5.74, 6) is -0.250. The highest BCUT2D eigenvalue weighted by molar-refractivity contribution is 6.35. The highest BCUT2D eigenvalue weighted by atomic mass is 35.5. The molecule has 3 rings (SSSR count).